The Bertz CT molecular complexity index is 1150. The maximum absolute atomic E-state index is 12.7. The predicted molar refractivity (Wildman–Crippen MR) is 112 cm³/mol. The van der Waals surface area contributed by atoms with Gasteiger partial charge < -0.3 is 10.1 Å². The third kappa shape index (κ3) is 4.35. The van der Waals surface area contributed by atoms with Crippen LogP contribution in [0.25, 0.3) is 11.3 Å². The summed E-state index contributed by atoms with van der Waals surface area (Å²) >= 11 is 0. The first kappa shape index (κ1) is 20.7. The van der Waals surface area contributed by atoms with Crippen LogP contribution < -0.4 is 15.6 Å². The number of amides is 1. The molecule has 1 heterocycles. The summed E-state index contributed by atoms with van der Waals surface area (Å²) in [6, 6.07) is 13.3. The molecule has 0 saturated heterocycles. The third-order valence-corrected chi connectivity index (χ3v) is 4.65. The average Bonchev–Trinajstić information content (AvgIpc) is 2.75. The lowest BCUT2D eigenvalue weighted by atomic mass is 10.1. The van der Waals surface area contributed by atoms with E-state index in [1.165, 1.54) is 25.1 Å². The molecule has 0 aliphatic rings. The number of hydrogen-bond acceptors (Lipinski definition) is 6. The molecule has 0 radical (unpaired) electrons. The van der Waals surface area contributed by atoms with E-state index < -0.39 is 22.4 Å². The van der Waals surface area contributed by atoms with Crippen LogP contribution in [0, 0.1) is 17.0 Å². The lowest BCUT2D eigenvalue weighted by Crippen LogP contribution is -2.33. The van der Waals surface area contributed by atoms with Crippen molar-refractivity contribution in [3.05, 3.63) is 80.6 Å². The summed E-state index contributed by atoms with van der Waals surface area (Å²) in [5.74, 6) is 0.173. The highest BCUT2D eigenvalue weighted by Gasteiger charge is 2.20. The molecule has 0 aliphatic heterocycles. The van der Waals surface area contributed by atoms with Gasteiger partial charge in [0.2, 0.25) is 5.91 Å². The van der Waals surface area contributed by atoms with E-state index in [1.54, 1.807) is 50.4 Å². The number of nitrogens with one attached hydrogen (secondary N) is 1. The molecule has 1 atom stereocenters. The Kier molecular flexibility index (Phi) is 5.91. The van der Waals surface area contributed by atoms with Gasteiger partial charge in [-0.25, -0.2) is 4.68 Å². The van der Waals surface area contributed by atoms with E-state index >= 15 is 0 Å². The van der Waals surface area contributed by atoms with Crippen molar-refractivity contribution in [2.45, 2.75) is 19.9 Å². The van der Waals surface area contributed by atoms with Crippen LogP contribution in [0.15, 0.2) is 59.4 Å². The van der Waals surface area contributed by atoms with E-state index in [4.69, 9.17) is 4.74 Å². The number of nitro benzene ring substituents is 1. The van der Waals surface area contributed by atoms with Crippen molar-refractivity contribution in [3.8, 4) is 17.0 Å². The van der Waals surface area contributed by atoms with Gasteiger partial charge in [-0.15, -0.1) is 0 Å². The molecule has 0 saturated carbocycles. The van der Waals surface area contributed by atoms with E-state index in [2.05, 4.69) is 10.4 Å². The lowest BCUT2D eigenvalue weighted by molar-refractivity contribution is -0.384. The van der Waals surface area contributed by atoms with E-state index in [0.717, 1.165) is 10.2 Å². The van der Waals surface area contributed by atoms with Crippen molar-refractivity contribution in [1.29, 1.82) is 0 Å². The Morgan fingerprint density at radius 1 is 1.17 bits per heavy atom. The molecule has 1 N–H and O–H groups in total. The number of benzene rings is 2. The monoisotopic (exact) mass is 408 g/mol. The summed E-state index contributed by atoms with van der Waals surface area (Å²) < 4.78 is 6.22. The van der Waals surface area contributed by atoms with Crippen molar-refractivity contribution in [3.63, 3.8) is 0 Å². The fraction of sp³-hybridized carbons (Fsp3) is 0.190. The molecule has 1 amide bonds. The van der Waals surface area contributed by atoms with Crippen molar-refractivity contribution in [2.24, 2.45) is 0 Å². The van der Waals surface area contributed by atoms with Crippen LogP contribution in [0.4, 0.5) is 11.4 Å². The van der Waals surface area contributed by atoms with Crippen LogP contribution in [-0.4, -0.2) is 27.7 Å². The van der Waals surface area contributed by atoms with Crippen LogP contribution in [0.1, 0.15) is 18.5 Å². The largest absolute Gasteiger partial charge is 0.497 e. The van der Waals surface area contributed by atoms with Gasteiger partial charge in [0.1, 0.15) is 11.8 Å². The zero-order chi connectivity index (χ0) is 21.8. The number of methoxy groups -OCH3 is 1. The third-order valence-electron chi connectivity index (χ3n) is 4.65. The number of nitro groups is 1. The highest BCUT2D eigenvalue weighted by Crippen LogP contribution is 2.23. The van der Waals surface area contributed by atoms with E-state index in [1.807, 2.05) is 0 Å². The molecule has 3 aromatic rings. The molecular formula is C21H20N4O5. The molecule has 30 heavy (non-hydrogen) atoms. The van der Waals surface area contributed by atoms with Crippen LogP contribution in [0.5, 0.6) is 5.75 Å². The molecule has 1 aromatic heterocycles. The number of non-ortho nitro benzene ring substituents is 1. The van der Waals surface area contributed by atoms with E-state index in [-0.39, 0.29) is 5.69 Å². The van der Waals surface area contributed by atoms with Gasteiger partial charge in [0, 0.05) is 23.8 Å². The molecule has 9 nitrogen and oxygen atoms in total. The number of rotatable bonds is 6. The summed E-state index contributed by atoms with van der Waals surface area (Å²) in [6.45, 7) is 3.26. The minimum Gasteiger partial charge on any atom is -0.497 e. The Balaban J connectivity index is 1.88. The maximum Gasteiger partial charge on any atom is 0.271 e. The average molecular weight is 408 g/mol. The van der Waals surface area contributed by atoms with Gasteiger partial charge in [0.25, 0.3) is 11.2 Å². The molecule has 0 spiro atoms. The van der Waals surface area contributed by atoms with Crippen LogP contribution in [0.2, 0.25) is 0 Å². The fourth-order valence-electron chi connectivity index (χ4n) is 2.82. The predicted octanol–water partition coefficient (Wildman–Crippen LogP) is 3.34. The number of hydrogen-bond donors (Lipinski definition) is 1. The van der Waals surface area contributed by atoms with Crippen molar-refractivity contribution in [1.82, 2.24) is 9.78 Å². The van der Waals surface area contributed by atoms with Crippen molar-refractivity contribution >= 4 is 17.3 Å². The number of anilines is 1. The lowest BCUT2D eigenvalue weighted by Gasteiger charge is -2.16. The van der Waals surface area contributed by atoms with E-state index in [0.29, 0.717) is 22.7 Å². The second-order valence-electron chi connectivity index (χ2n) is 6.65. The number of aromatic nitrogens is 2. The van der Waals surface area contributed by atoms with Gasteiger partial charge in [0.05, 0.1) is 23.4 Å². The van der Waals surface area contributed by atoms with Crippen molar-refractivity contribution in [2.75, 3.05) is 12.4 Å². The molecule has 9 heteroatoms. The van der Waals surface area contributed by atoms with Gasteiger partial charge in [-0.2, -0.15) is 5.10 Å². The number of carbonyl (C=O) groups is 1. The molecule has 1 unspecified atom stereocenters. The Morgan fingerprint density at radius 3 is 2.50 bits per heavy atom. The molecule has 3 rings (SSSR count). The minimum atomic E-state index is -0.936. The van der Waals surface area contributed by atoms with Crippen LogP contribution in [-0.2, 0) is 4.79 Å². The topological polar surface area (TPSA) is 116 Å². The summed E-state index contributed by atoms with van der Waals surface area (Å²) in [5, 5.41) is 18.0. The van der Waals surface area contributed by atoms with Crippen molar-refractivity contribution < 1.29 is 14.5 Å². The SMILES string of the molecule is COc1ccc(-c2ccc(=O)n(C(C)C(=O)Nc3cc([N+](=O)[O-])ccc3C)n2)cc1. The standard InChI is InChI=1S/C21H20N4O5/c1-13-4-7-16(25(28)29)12-19(13)22-21(27)14(2)24-20(26)11-10-18(23-24)15-5-8-17(30-3)9-6-15/h4-12,14H,1-3H3,(H,22,27). The minimum absolute atomic E-state index is 0.139. The highest BCUT2D eigenvalue weighted by atomic mass is 16.6. The zero-order valence-electron chi connectivity index (χ0n) is 16.7. The number of aryl methyl sites for hydroxylation is 1. The van der Waals surface area contributed by atoms with Gasteiger partial charge in [-0.1, -0.05) is 6.07 Å². The fourth-order valence-corrected chi connectivity index (χ4v) is 2.82. The van der Waals surface area contributed by atoms with Gasteiger partial charge >= 0.3 is 0 Å². The zero-order valence-corrected chi connectivity index (χ0v) is 16.7. The quantitative estimate of drug-likeness (QED) is 0.494. The van der Waals surface area contributed by atoms with Gasteiger partial charge in [-0.3, -0.25) is 19.7 Å². The number of nitrogens with zero attached hydrogens (tertiary/aromatic N) is 3. The molecule has 0 aliphatic carbocycles. The number of ether oxygens (including phenoxy) is 1. The Hall–Kier alpha value is -4.01. The van der Waals surface area contributed by atoms with Gasteiger partial charge in [0.15, 0.2) is 0 Å². The second kappa shape index (κ2) is 8.56. The maximum atomic E-state index is 12.7. The molecule has 2 aromatic carbocycles. The van der Waals surface area contributed by atoms with Gasteiger partial charge in [-0.05, 0) is 49.7 Å². The first-order valence-electron chi connectivity index (χ1n) is 9.10. The smallest absolute Gasteiger partial charge is 0.271 e. The summed E-state index contributed by atoms with van der Waals surface area (Å²) in [6.07, 6.45) is 0. The summed E-state index contributed by atoms with van der Waals surface area (Å²) in [5.41, 5.74) is 1.66. The van der Waals surface area contributed by atoms with Crippen LogP contribution >= 0.6 is 0 Å². The highest BCUT2D eigenvalue weighted by molar-refractivity contribution is 5.94. The molecule has 0 fully saturated rings. The summed E-state index contributed by atoms with van der Waals surface area (Å²) in [4.78, 5) is 35.5. The molecular weight excluding hydrogens is 388 g/mol. The van der Waals surface area contributed by atoms with Crippen LogP contribution in [0.3, 0.4) is 0 Å². The summed E-state index contributed by atoms with van der Waals surface area (Å²) in [7, 11) is 1.57. The first-order chi connectivity index (χ1) is 14.3. The Labute approximate surface area is 172 Å². The Morgan fingerprint density at radius 2 is 1.87 bits per heavy atom. The first-order valence-corrected chi connectivity index (χ1v) is 9.10. The molecule has 0 bridgehead atoms. The second-order valence-corrected chi connectivity index (χ2v) is 6.65. The van der Waals surface area contributed by atoms with E-state index in [9.17, 15) is 19.7 Å². The normalized spacial score (nSPS) is 11.6. The number of carbonyl (C=O) groups excluding carboxylic acids is 1. The molecule has 154 valence electrons.